The van der Waals surface area contributed by atoms with Crippen molar-refractivity contribution >= 4 is 11.8 Å². The van der Waals surface area contributed by atoms with Crippen LogP contribution in [0.2, 0.25) is 0 Å². The molecule has 0 aliphatic heterocycles. The molecular formula is C17H27N3O2. The monoisotopic (exact) mass is 305 g/mol. The second kappa shape index (κ2) is 9.95. The average molecular weight is 305 g/mol. The van der Waals surface area contributed by atoms with Gasteiger partial charge in [0.25, 0.3) is 0 Å². The van der Waals surface area contributed by atoms with Crippen molar-refractivity contribution in [2.24, 2.45) is 0 Å². The first-order valence-corrected chi connectivity index (χ1v) is 7.82. The van der Waals surface area contributed by atoms with Crippen LogP contribution in [0, 0.1) is 0 Å². The molecule has 2 amide bonds. The van der Waals surface area contributed by atoms with Crippen molar-refractivity contribution in [2.45, 2.75) is 39.8 Å². The summed E-state index contributed by atoms with van der Waals surface area (Å²) in [5.41, 5.74) is 1.07. The van der Waals surface area contributed by atoms with Crippen LogP contribution in [0.1, 0.15) is 32.8 Å². The minimum Gasteiger partial charge on any atom is -0.354 e. The van der Waals surface area contributed by atoms with Gasteiger partial charge in [0.05, 0.1) is 0 Å². The molecule has 0 spiro atoms. The van der Waals surface area contributed by atoms with Gasteiger partial charge in [0.2, 0.25) is 11.8 Å². The first-order valence-electron chi connectivity index (χ1n) is 7.82. The Morgan fingerprint density at radius 3 is 2.50 bits per heavy atom. The number of carbonyl (C=O) groups excluding carboxylic acids is 2. The van der Waals surface area contributed by atoms with E-state index in [0.29, 0.717) is 26.1 Å². The lowest BCUT2D eigenvalue weighted by Crippen LogP contribution is -2.40. The molecule has 0 aliphatic rings. The molecule has 0 saturated carbocycles. The van der Waals surface area contributed by atoms with E-state index in [1.54, 1.807) is 4.90 Å². The van der Waals surface area contributed by atoms with Gasteiger partial charge in [0, 0.05) is 39.0 Å². The molecule has 0 bridgehead atoms. The van der Waals surface area contributed by atoms with Gasteiger partial charge in [-0.3, -0.25) is 9.59 Å². The highest BCUT2D eigenvalue weighted by atomic mass is 16.2. The number of nitrogens with zero attached hydrogens (tertiary/aromatic N) is 1. The molecule has 1 aromatic rings. The van der Waals surface area contributed by atoms with Crippen LogP contribution < -0.4 is 10.6 Å². The Hall–Kier alpha value is -1.88. The van der Waals surface area contributed by atoms with Gasteiger partial charge in [-0.1, -0.05) is 37.3 Å². The molecule has 5 heteroatoms. The van der Waals surface area contributed by atoms with Crippen molar-refractivity contribution in [2.75, 3.05) is 19.6 Å². The summed E-state index contributed by atoms with van der Waals surface area (Å²) in [6.45, 7) is 8.06. The van der Waals surface area contributed by atoms with Gasteiger partial charge in [-0.15, -0.1) is 0 Å². The highest BCUT2D eigenvalue weighted by Crippen LogP contribution is 2.05. The molecule has 0 fully saturated rings. The Bertz CT molecular complexity index is 462. The van der Waals surface area contributed by atoms with E-state index in [0.717, 1.165) is 12.1 Å². The van der Waals surface area contributed by atoms with E-state index in [-0.39, 0.29) is 17.9 Å². The molecule has 0 heterocycles. The molecule has 1 rings (SSSR count). The van der Waals surface area contributed by atoms with E-state index < -0.39 is 0 Å². The van der Waals surface area contributed by atoms with Crippen LogP contribution >= 0.6 is 0 Å². The summed E-state index contributed by atoms with van der Waals surface area (Å²) >= 11 is 0. The Balaban J connectivity index is 2.38. The normalized spacial score (nSPS) is 11.8. The van der Waals surface area contributed by atoms with Crippen molar-refractivity contribution in [1.29, 1.82) is 0 Å². The van der Waals surface area contributed by atoms with Crippen LogP contribution in [0.25, 0.3) is 0 Å². The second-order valence-corrected chi connectivity index (χ2v) is 5.44. The number of carbonyl (C=O) groups is 2. The van der Waals surface area contributed by atoms with Gasteiger partial charge >= 0.3 is 0 Å². The van der Waals surface area contributed by atoms with Gasteiger partial charge in [-0.25, -0.2) is 0 Å². The number of likely N-dealkylation sites (N-methyl/N-ethyl adjacent to an activating group) is 1. The third-order valence-corrected chi connectivity index (χ3v) is 3.43. The molecule has 0 saturated heterocycles. The molecule has 0 aromatic heterocycles. The van der Waals surface area contributed by atoms with Gasteiger partial charge in [-0.2, -0.15) is 0 Å². The number of hydrogen-bond donors (Lipinski definition) is 2. The Morgan fingerprint density at radius 2 is 1.91 bits per heavy atom. The number of benzene rings is 1. The molecule has 0 radical (unpaired) electrons. The molecule has 0 unspecified atom stereocenters. The van der Waals surface area contributed by atoms with Crippen molar-refractivity contribution in [3.8, 4) is 0 Å². The lowest BCUT2D eigenvalue weighted by Gasteiger charge is -2.21. The van der Waals surface area contributed by atoms with Gasteiger partial charge in [-0.05, 0) is 19.0 Å². The van der Waals surface area contributed by atoms with Crippen molar-refractivity contribution in [3.05, 3.63) is 35.9 Å². The minimum atomic E-state index is -0.0240. The minimum absolute atomic E-state index is 0.0160. The van der Waals surface area contributed by atoms with Crippen LogP contribution in [0.5, 0.6) is 0 Å². The smallest absolute Gasteiger partial charge is 0.221 e. The van der Waals surface area contributed by atoms with E-state index in [4.69, 9.17) is 0 Å². The first-order chi connectivity index (χ1) is 10.5. The van der Waals surface area contributed by atoms with E-state index >= 15 is 0 Å². The molecule has 22 heavy (non-hydrogen) atoms. The maximum Gasteiger partial charge on any atom is 0.221 e. The molecule has 1 atom stereocenters. The third kappa shape index (κ3) is 7.22. The van der Waals surface area contributed by atoms with Crippen LogP contribution in [-0.2, 0) is 16.1 Å². The Morgan fingerprint density at radius 1 is 1.23 bits per heavy atom. The molecule has 2 N–H and O–H groups in total. The second-order valence-electron chi connectivity index (χ2n) is 5.44. The highest BCUT2D eigenvalue weighted by molar-refractivity contribution is 5.78. The quantitative estimate of drug-likeness (QED) is 0.727. The van der Waals surface area contributed by atoms with Crippen LogP contribution in [0.15, 0.2) is 30.3 Å². The van der Waals surface area contributed by atoms with E-state index in [1.807, 2.05) is 44.2 Å². The fourth-order valence-corrected chi connectivity index (χ4v) is 2.16. The first kappa shape index (κ1) is 18.2. The SMILES string of the molecule is CCN[C@H](C)CNC(=O)CCN(Cc1ccccc1)C(C)=O. The average Bonchev–Trinajstić information content (AvgIpc) is 2.50. The van der Waals surface area contributed by atoms with Crippen molar-refractivity contribution in [3.63, 3.8) is 0 Å². The van der Waals surface area contributed by atoms with Crippen LogP contribution in [0.3, 0.4) is 0 Å². The summed E-state index contributed by atoms with van der Waals surface area (Å²) in [5.74, 6) is -0.0401. The molecular weight excluding hydrogens is 278 g/mol. The maximum absolute atomic E-state index is 11.9. The fraction of sp³-hybridized carbons (Fsp3) is 0.529. The molecule has 0 aliphatic carbocycles. The number of hydrogen-bond acceptors (Lipinski definition) is 3. The zero-order chi connectivity index (χ0) is 16.4. The molecule has 1 aromatic carbocycles. The van der Waals surface area contributed by atoms with Crippen LogP contribution in [0.4, 0.5) is 0 Å². The standard InChI is InChI=1S/C17H27N3O2/c1-4-18-14(2)12-19-17(22)10-11-20(15(3)21)13-16-8-6-5-7-9-16/h5-9,14,18H,4,10-13H2,1-3H3,(H,19,22)/t14-/m1/s1. The topological polar surface area (TPSA) is 61.4 Å². The van der Waals surface area contributed by atoms with Crippen molar-refractivity contribution < 1.29 is 9.59 Å². The summed E-state index contributed by atoms with van der Waals surface area (Å²) in [5, 5.41) is 6.12. The zero-order valence-electron chi connectivity index (χ0n) is 13.8. The summed E-state index contributed by atoms with van der Waals surface area (Å²) in [7, 11) is 0. The summed E-state index contributed by atoms with van der Waals surface area (Å²) < 4.78 is 0. The molecule has 122 valence electrons. The predicted molar refractivity (Wildman–Crippen MR) is 88.3 cm³/mol. The van der Waals surface area contributed by atoms with E-state index in [1.165, 1.54) is 6.92 Å². The maximum atomic E-state index is 11.9. The highest BCUT2D eigenvalue weighted by Gasteiger charge is 2.12. The number of rotatable bonds is 9. The van der Waals surface area contributed by atoms with E-state index in [2.05, 4.69) is 10.6 Å². The molecule has 5 nitrogen and oxygen atoms in total. The lowest BCUT2D eigenvalue weighted by molar-refractivity contribution is -0.130. The fourth-order valence-electron chi connectivity index (χ4n) is 2.16. The number of nitrogens with one attached hydrogen (secondary N) is 2. The summed E-state index contributed by atoms with van der Waals surface area (Å²) in [6.07, 6.45) is 0.325. The van der Waals surface area contributed by atoms with Crippen LogP contribution in [-0.4, -0.2) is 42.4 Å². The van der Waals surface area contributed by atoms with Crippen molar-refractivity contribution in [1.82, 2.24) is 15.5 Å². The predicted octanol–water partition coefficient (Wildman–Crippen LogP) is 1.54. The Labute approximate surface area is 133 Å². The summed E-state index contributed by atoms with van der Waals surface area (Å²) in [4.78, 5) is 25.2. The van der Waals surface area contributed by atoms with Gasteiger partial charge < -0.3 is 15.5 Å². The third-order valence-electron chi connectivity index (χ3n) is 3.43. The Kier molecular flexibility index (Phi) is 8.22. The lowest BCUT2D eigenvalue weighted by atomic mass is 10.2. The largest absolute Gasteiger partial charge is 0.354 e. The zero-order valence-corrected chi connectivity index (χ0v) is 13.8. The summed E-state index contributed by atoms with van der Waals surface area (Å²) in [6, 6.07) is 10.1. The van der Waals surface area contributed by atoms with E-state index in [9.17, 15) is 9.59 Å². The number of amides is 2. The van der Waals surface area contributed by atoms with Gasteiger partial charge in [0.1, 0.15) is 0 Å². The van der Waals surface area contributed by atoms with Gasteiger partial charge in [0.15, 0.2) is 0 Å².